The largest absolute Gasteiger partial charge is 0.312 e. The first-order valence-electron chi connectivity index (χ1n) is 6.82. The fourth-order valence-corrected chi connectivity index (χ4v) is 2.31. The Morgan fingerprint density at radius 1 is 1.28 bits per heavy atom. The number of hydrogen-bond donors (Lipinski definition) is 1. The van der Waals surface area contributed by atoms with Crippen molar-refractivity contribution < 1.29 is 9.59 Å². The minimum absolute atomic E-state index is 0.0223. The van der Waals surface area contributed by atoms with Crippen molar-refractivity contribution in [2.24, 2.45) is 11.3 Å². The first-order valence-corrected chi connectivity index (χ1v) is 6.82. The number of imide groups is 1. The van der Waals surface area contributed by atoms with Gasteiger partial charge in [0.15, 0.2) is 0 Å². The lowest BCUT2D eigenvalue weighted by Crippen LogP contribution is -2.53. The maximum absolute atomic E-state index is 12.0. The van der Waals surface area contributed by atoms with Crippen LogP contribution in [0.25, 0.3) is 0 Å². The van der Waals surface area contributed by atoms with Crippen LogP contribution in [0.3, 0.4) is 0 Å². The third kappa shape index (κ3) is 3.80. The van der Waals surface area contributed by atoms with Crippen molar-refractivity contribution in [3.63, 3.8) is 0 Å². The van der Waals surface area contributed by atoms with E-state index >= 15 is 0 Å². The molecule has 4 nitrogen and oxygen atoms in total. The second-order valence-corrected chi connectivity index (χ2v) is 6.39. The van der Waals surface area contributed by atoms with Gasteiger partial charge in [-0.3, -0.25) is 14.5 Å². The molecule has 104 valence electrons. The first kappa shape index (κ1) is 15.2. The zero-order valence-corrected chi connectivity index (χ0v) is 12.2. The van der Waals surface area contributed by atoms with Gasteiger partial charge in [-0.1, -0.05) is 34.6 Å². The van der Waals surface area contributed by atoms with Crippen LogP contribution in [0.15, 0.2) is 0 Å². The molecule has 1 rings (SSSR count). The lowest BCUT2D eigenvalue weighted by atomic mass is 9.85. The van der Waals surface area contributed by atoms with Gasteiger partial charge in [-0.15, -0.1) is 0 Å². The second kappa shape index (κ2) is 5.83. The van der Waals surface area contributed by atoms with Crippen LogP contribution in [-0.2, 0) is 9.59 Å². The van der Waals surface area contributed by atoms with Gasteiger partial charge in [0.2, 0.25) is 11.8 Å². The number of piperidine rings is 1. The smallest absolute Gasteiger partial charge is 0.229 e. The minimum atomic E-state index is -0.0223. The van der Waals surface area contributed by atoms with Gasteiger partial charge < -0.3 is 5.32 Å². The van der Waals surface area contributed by atoms with Crippen molar-refractivity contribution in [1.82, 2.24) is 10.2 Å². The molecular formula is C14H26N2O2. The molecule has 1 fully saturated rings. The molecule has 18 heavy (non-hydrogen) atoms. The van der Waals surface area contributed by atoms with Crippen LogP contribution in [0.2, 0.25) is 0 Å². The molecule has 1 aliphatic rings. The van der Waals surface area contributed by atoms with Crippen molar-refractivity contribution in [2.75, 3.05) is 13.1 Å². The molecule has 0 saturated carbocycles. The topological polar surface area (TPSA) is 49.4 Å². The number of likely N-dealkylation sites (N-methyl/N-ethyl adjacent to an activating group) is 1. The van der Waals surface area contributed by atoms with E-state index in [9.17, 15) is 9.59 Å². The molecule has 0 spiro atoms. The normalized spacial score (nSPS) is 20.4. The molecular weight excluding hydrogens is 228 g/mol. The van der Waals surface area contributed by atoms with E-state index in [0.29, 0.717) is 19.4 Å². The van der Waals surface area contributed by atoms with Crippen LogP contribution >= 0.6 is 0 Å². The summed E-state index contributed by atoms with van der Waals surface area (Å²) in [5.74, 6) is 0.144. The lowest BCUT2D eigenvalue weighted by Gasteiger charge is -2.37. The lowest BCUT2D eigenvalue weighted by molar-refractivity contribution is -0.150. The van der Waals surface area contributed by atoms with Gasteiger partial charge in [-0.25, -0.2) is 0 Å². The van der Waals surface area contributed by atoms with E-state index in [1.165, 1.54) is 4.90 Å². The summed E-state index contributed by atoms with van der Waals surface area (Å²) in [7, 11) is 0. The Morgan fingerprint density at radius 2 is 1.78 bits per heavy atom. The van der Waals surface area contributed by atoms with Gasteiger partial charge >= 0.3 is 0 Å². The van der Waals surface area contributed by atoms with E-state index in [0.717, 1.165) is 6.54 Å². The maximum Gasteiger partial charge on any atom is 0.229 e. The fraction of sp³-hybridized carbons (Fsp3) is 0.857. The SMILES string of the molecule is CCNC(CN1C(=O)CC(C)CC1=O)C(C)(C)C. The van der Waals surface area contributed by atoms with Gasteiger partial charge in [0.25, 0.3) is 0 Å². The molecule has 0 aromatic carbocycles. The van der Waals surface area contributed by atoms with Gasteiger partial charge in [-0.2, -0.15) is 0 Å². The minimum Gasteiger partial charge on any atom is -0.312 e. The van der Waals surface area contributed by atoms with Crippen LogP contribution in [0.4, 0.5) is 0 Å². The second-order valence-electron chi connectivity index (χ2n) is 6.39. The summed E-state index contributed by atoms with van der Waals surface area (Å²) in [6, 6.07) is 0.142. The standard InChI is InChI=1S/C14H26N2O2/c1-6-15-11(14(3,4)5)9-16-12(17)7-10(2)8-13(16)18/h10-11,15H,6-9H2,1-5H3. The number of carbonyl (C=O) groups is 2. The van der Waals surface area contributed by atoms with E-state index in [-0.39, 0.29) is 29.2 Å². The number of nitrogens with zero attached hydrogens (tertiary/aromatic N) is 1. The molecule has 0 aromatic rings. The highest BCUT2D eigenvalue weighted by Crippen LogP contribution is 2.24. The molecule has 1 unspecified atom stereocenters. The fourth-order valence-electron chi connectivity index (χ4n) is 2.31. The number of hydrogen-bond acceptors (Lipinski definition) is 3. The van der Waals surface area contributed by atoms with Crippen LogP contribution in [0.5, 0.6) is 0 Å². The van der Waals surface area contributed by atoms with E-state index in [1.54, 1.807) is 0 Å². The Labute approximate surface area is 110 Å². The first-order chi connectivity index (χ1) is 8.25. The van der Waals surface area contributed by atoms with Crippen LogP contribution in [0.1, 0.15) is 47.5 Å². The highest BCUT2D eigenvalue weighted by molar-refractivity contribution is 5.97. The van der Waals surface area contributed by atoms with E-state index < -0.39 is 0 Å². The Hall–Kier alpha value is -0.900. The van der Waals surface area contributed by atoms with E-state index in [2.05, 4.69) is 26.1 Å². The summed E-state index contributed by atoms with van der Waals surface area (Å²) in [5, 5.41) is 3.38. The van der Waals surface area contributed by atoms with Crippen LogP contribution < -0.4 is 5.32 Å². The van der Waals surface area contributed by atoms with E-state index in [1.807, 2.05) is 13.8 Å². The third-order valence-electron chi connectivity index (χ3n) is 3.51. The Kier molecular flexibility index (Phi) is 4.91. The van der Waals surface area contributed by atoms with Gasteiger partial charge in [0, 0.05) is 25.4 Å². The summed E-state index contributed by atoms with van der Waals surface area (Å²) < 4.78 is 0. The third-order valence-corrected chi connectivity index (χ3v) is 3.51. The number of nitrogens with one attached hydrogen (secondary N) is 1. The highest BCUT2D eigenvalue weighted by Gasteiger charge is 2.34. The van der Waals surface area contributed by atoms with Crippen molar-refractivity contribution in [2.45, 2.75) is 53.5 Å². The van der Waals surface area contributed by atoms with Crippen LogP contribution in [0, 0.1) is 11.3 Å². The zero-order valence-electron chi connectivity index (χ0n) is 12.2. The molecule has 0 aliphatic carbocycles. The number of likely N-dealkylation sites (tertiary alicyclic amines) is 1. The Morgan fingerprint density at radius 3 is 2.17 bits per heavy atom. The van der Waals surface area contributed by atoms with Gasteiger partial charge in [0.1, 0.15) is 0 Å². The number of amides is 2. The average Bonchev–Trinajstić information content (AvgIpc) is 2.19. The maximum atomic E-state index is 12.0. The van der Waals surface area contributed by atoms with Crippen molar-refractivity contribution in [3.8, 4) is 0 Å². The molecule has 2 amide bonds. The van der Waals surface area contributed by atoms with Crippen molar-refractivity contribution in [1.29, 1.82) is 0 Å². The predicted molar refractivity (Wildman–Crippen MR) is 72.0 cm³/mol. The van der Waals surface area contributed by atoms with Crippen LogP contribution in [-0.4, -0.2) is 35.8 Å². The molecule has 4 heteroatoms. The van der Waals surface area contributed by atoms with Crippen molar-refractivity contribution >= 4 is 11.8 Å². The molecule has 0 radical (unpaired) electrons. The zero-order chi connectivity index (χ0) is 13.9. The molecule has 0 aromatic heterocycles. The van der Waals surface area contributed by atoms with E-state index in [4.69, 9.17) is 0 Å². The quantitative estimate of drug-likeness (QED) is 0.778. The summed E-state index contributed by atoms with van der Waals surface area (Å²) in [4.78, 5) is 25.4. The Balaban J connectivity index is 2.74. The van der Waals surface area contributed by atoms with Gasteiger partial charge in [-0.05, 0) is 17.9 Å². The molecule has 1 aliphatic heterocycles. The molecule has 1 atom stereocenters. The monoisotopic (exact) mass is 254 g/mol. The molecule has 1 heterocycles. The number of carbonyl (C=O) groups excluding carboxylic acids is 2. The van der Waals surface area contributed by atoms with Gasteiger partial charge in [0.05, 0.1) is 0 Å². The summed E-state index contributed by atoms with van der Waals surface area (Å²) in [6.07, 6.45) is 0.990. The summed E-state index contributed by atoms with van der Waals surface area (Å²) in [5.41, 5.74) is 0.0274. The predicted octanol–water partition coefficient (Wildman–Crippen LogP) is 1.80. The summed E-state index contributed by atoms with van der Waals surface area (Å²) in [6.45, 7) is 11.7. The summed E-state index contributed by atoms with van der Waals surface area (Å²) >= 11 is 0. The Bertz CT molecular complexity index is 302. The molecule has 0 bridgehead atoms. The van der Waals surface area contributed by atoms with Crippen molar-refractivity contribution in [3.05, 3.63) is 0 Å². The average molecular weight is 254 g/mol. The number of rotatable bonds is 4. The highest BCUT2D eigenvalue weighted by atomic mass is 16.2. The molecule has 1 saturated heterocycles. The molecule has 1 N–H and O–H groups in total.